The Labute approximate surface area is 223 Å². The number of rotatable bonds is 10. The minimum Gasteiger partial charge on any atom is -0.480 e. The van der Waals surface area contributed by atoms with Gasteiger partial charge in [0.15, 0.2) is 0 Å². The summed E-state index contributed by atoms with van der Waals surface area (Å²) in [5.41, 5.74) is 0.348. The number of carboxylic acid groups (broad SMARTS) is 1. The average molecular weight is 529 g/mol. The summed E-state index contributed by atoms with van der Waals surface area (Å²) >= 11 is 0. The van der Waals surface area contributed by atoms with Gasteiger partial charge in [-0.15, -0.1) is 0 Å². The number of aromatic nitrogens is 2. The maximum Gasteiger partial charge on any atom is 0.329 e. The zero-order valence-corrected chi connectivity index (χ0v) is 21.2. The molecule has 0 saturated carbocycles. The minimum atomic E-state index is -1.30. The first-order valence-electron chi connectivity index (χ1n) is 12.4. The van der Waals surface area contributed by atoms with Crippen molar-refractivity contribution in [2.45, 2.75) is 37.9 Å². The number of aromatic amines is 1. The number of amides is 2. The molecule has 10 heteroatoms. The lowest BCUT2D eigenvalue weighted by Crippen LogP contribution is -2.54. The predicted octanol–water partition coefficient (Wildman–Crippen LogP) is 1.79. The smallest absolute Gasteiger partial charge is 0.329 e. The van der Waals surface area contributed by atoms with Crippen LogP contribution >= 0.6 is 0 Å². The van der Waals surface area contributed by atoms with E-state index in [2.05, 4.69) is 15.6 Å². The monoisotopic (exact) mass is 528 g/mol. The van der Waals surface area contributed by atoms with Gasteiger partial charge in [-0.25, -0.2) is 9.36 Å². The fourth-order valence-corrected chi connectivity index (χ4v) is 4.30. The molecule has 0 aliphatic heterocycles. The third kappa shape index (κ3) is 6.48. The molecule has 1 aromatic heterocycles. The van der Waals surface area contributed by atoms with Crippen molar-refractivity contribution < 1.29 is 19.5 Å². The molecule has 0 spiro atoms. The molecule has 39 heavy (non-hydrogen) atoms. The van der Waals surface area contributed by atoms with Crippen molar-refractivity contribution in [2.75, 3.05) is 0 Å². The summed E-state index contributed by atoms with van der Waals surface area (Å²) < 4.78 is 0.863. The number of hydrogen-bond donors (Lipinski definition) is 4. The molecule has 0 aliphatic rings. The van der Waals surface area contributed by atoms with E-state index in [0.29, 0.717) is 11.1 Å². The summed E-state index contributed by atoms with van der Waals surface area (Å²) in [5.74, 6) is -2.68. The lowest BCUT2D eigenvalue weighted by molar-refractivity contribution is -0.141. The molecule has 2 amide bonds. The number of carboxylic acids is 1. The number of nitrogens with zero attached hydrogens (tertiary/aromatic N) is 1. The van der Waals surface area contributed by atoms with Gasteiger partial charge < -0.3 is 20.7 Å². The van der Waals surface area contributed by atoms with Crippen molar-refractivity contribution in [3.05, 3.63) is 117 Å². The molecule has 0 fully saturated rings. The number of nitrogens with one attached hydrogen (secondary N) is 3. The zero-order valence-electron chi connectivity index (χ0n) is 21.2. The average Bonchev–Trinajstić information content (AvgIpc) is 2.93. The summed E-state index contributed by atoms with van der Waals surface area (Å²) in [7, 11) is 0. The zero-order chi connectivity index (χ0) is 27.9. The molecule has 4 rings (SSSR count). The maximum atomic E-state index is 13.8. The van der Waals surface area contributed by atoms with E-state index in [9.17, 15) is 29.1 Å². The van der Waals surface area contributed by atoms with Gasteiger partial charge in [-0.05, 0) is 30.2 Å². The molecule has 4 aromatic rings. The highest BCUT2D eigenvalue weighted by atomic mass is 16.4. The predicted molar refractivity (Wildman–Crippen MR) is 145 cm³/mol. The van der Waals surface area contributed by atoms with Crippen molar-refractivity contribution in [3.63, 3.8) is 0 Å². The van der Waals surface area contributed by atoms with Crippen LogP contribution in [-0.2, 0) is 27.2 Å². The van der Waals surface area contributed by atoms with Crippen LogP contribution in [0.15, 0.2) is 94.5 Å². The highest BCUT2D eigenvalue weighted by Gasteiger charge is 2.30. The second-order valence-electron chi connectivity index (χ2n) is 9.18. The molecule has 0 unspecified atom stereocenters. The third-order valence-corrected chi connectivity index (χ3v) is 6.37. The van der Waals surface area contributed by atoms with Crippen molar-refractivity contribution in [3.8, 4) is 0 Å². The summed E-state index contributed by atoms with van der Waals surface area (Å²) in [6.07, 6.45) is 0.0605. The van der Waals surface area contributed by atoms with Crippen LogP contribution in [0.2, 0.25) is 0 Å². The van der Waals surface area contributed by atoms with Crippen LogP contribution in [0.4, 0.5) is 0 Å². The second kappa shape index (κ2) is 12.0. The Morgan fingerprint density at radius 2 is 1.36 bits per heavy atom. The number of aliphatic carboxylic acids is 1. The summed E-state index contributed by atoms with van der Waals surface area (Å²) in [5, 5.41) is 14.6. The Bertz CT molecular complexity index is 1600. The van der Waals surface area contributed by atoms with Crippen LogP contribution in [0.5, 0.6) is 0 Å². The van der Waals surface area contributed by atoms with E-state index in [-0.39, 0.29) is 18.2 Å². The molecule has 3 atom stereocenters. The Morgan fingerprint density at radius 1 is 0.795 bits per heavy atom. The van der Waals surface area contributed by atoms with E-state index >= 15 is 0 Å². The topological polar surface area (TPSA) is 150 Å². The lowest BCUT2D eigenvalue weighted by Gasteiger charge is -2.24. The van der Waals surface area contributed by atoms with E-state index in [1.807, 2.05) is 0 Å². The molecule has 0 bridgehead atoms. The van der Waals surface area contributed by atoms with Crippen LogP contribution in [-0.4, -0.2) is 44.5 Å². The summed E-state index contributed by atoms with van der Waals surface area (Å²) in [4.78, 5) is 67.4. The highest BCUT2D eigenvalue weighted by Crippen LogP contribution is 2.15. The van der Waals surface area contributed by atoms with Gasteiger partial charge in [-0.1, -0.05) is 72.8 Å². The van der Waals surface area contributed by atoms with E-state index in [0.717, 1.165) is 10.1 Å². The SMILES string of the molecule is C[C@H](NC(=O)[C@H](Cc1ccccc1)NC(=O)[C@H](Cc1ccccc1)n1c(=O)[nH]c2ccccc2c1=O)C(=O)O. The van der Waals surface area contributed by atoms with E-state index in [1.54, 1.807) is 84.9 Å². The molecular formula is C29H28N4O6. The Hall–Kier alpha value is -4.99. The van der Waals surface area contributed by atoms with Crippen molar-refractivity contribution in [2.24, 2.45) is 0 Å². The normalized spacial score (nSPS) is 13.3. The maximum absolute atomic E-state index is 13.8. The van der Waals surface area contributed by atoms with E-state index < -0.39 is 47.2 Å². The molecule has 1 heterocycles. The van der Waals surface area contributed by atoms with Crippen molar-refractivity contribution in [1.29, 1.82) is 0 Å². The fraction of sp³-hybridized carbons (Fsp3) is 0.207. The molecule has 0 radical (unpaired) electrons. The number of carbonyl (C=O) groups is 3. The van der Waals surface area contributed by atoms with Gasteiger partial charge in [0.25, 0.3) is 5.56 Å². The molecule has 0 aliphatic carbocycles. The van der Waals surface area contributed by atoms with Crippen LogP contribution in [0, 0.1) is 0 Å². The number of benzene rings is 3. The second-order valence-corrected chi connectivity index (χ2v) is 9.18. The molecule has 200 valence electrons. The number of carbonyl (C=O) groups excluding carboxylic acids is 2. The van der Waals surface area contributed by atoms with Gasteiger partial charge in [-0.2, -0.15) is 0 Å². The standard InChI is InChI=1S/C29H28N4O6/c1-18(28(37)38)30-25(34)23(16-19-10-4-2-5-11-19)31-26(35)24(17-20-12-6-3-7-13-20)33-27(36)21-14-8-9-15-22(21)32-29(33)39/h2-15,18,23-24H,16-17H2,1H3,(H,30,34)(H,31,35)(H,32,39)(H,37,38)/t18-,23-,24-/m0/s1. The Balaban J connectivity index is 1.74. The lowest BCUT2D eigenvalue weighted by atomic mass is 10.0. The van der Waals surface area contributed by atoms with E-state index in [1.165, 1.54) is 6.92 Å². The first-order chi connectivity index (χ1) is 18.7. The van der Waals surface area contributed by atoms with Crippen LogP contribution in [0.25, 0.3) is 10.9 Å². The van der Waals surface area contributed by atoms with Crippen LogP contribution < -0.4 is 21.9 Å². The molecule has 4 N–H and O–H groups in total. The first kappa shape index (κ1) is 27.1. The van der Waals surface area contributed by atoms with Crippen molar-refractivity contribution >= 4 is 28.7 Å². The number of para-hydroxylation sites is 1. The van der Waals surface area contributed by atoms with Gasteiger partial charge in [0.2, 0.25) is 11.8 Å². The summed E-state index contributed by atoms with van der Waals surface area (Å²) in [6.45, 7) is 1.31. The van der Waals surface area contributed by atoms with Crippen LogP contribution in [0.1, 0.15) is 24.1 Å². The minimum absolute atomic E-state index is 0.000789. The van der Waals surface area contributed by atoms with Gasteiger partial charge in [0, 0.05) is 12.8 Å². The van der Waals surface area contributed by atoms with Gasteiger partial charge in [0.05, 0.1) is 10.9 Å². The number of hydrogen-bond acceptors (Lipinski definition) is 5. The van der Waals surface area contributed by atoms with Gasteiger partial charge in [0.1, 0.15) is 18.1 Å². The Morgan fingerprint density at radius 3 is 1.97 bits per heavy atom. The Kier molecular flexibility index (Phi) is 8.35. The summed E-state index contributed by atoms with van der Waals surface area (Å²) in [6, 6.07) is 20.6. The molecule has 10 nitrogen and oxygen atoms in total. The molecule has 0 saturated heterocycles. The van der Waals surface area contributed by atoms with Gasteiger partial charge >= 0.3 is 11.7 Å². The largest absolute Gasteiger partial charge is 0.480 e. The number of H-pyrrole nitrogens is 1. The molecular weight excluding hydrogens is 500 g/mol. The highest BCUT2D eigenvalue weighted by molar-refractivity contribution is 5.91. The third-order valence-electron chi connectivity index (χ3n) is 6.37. The van der Waals surface area contributed by atoms with Crippen LogP contribution in [0.3, 0.4) is 0 Å². The molecule has 3 aromatic carbocycles. The fourth-order valence-electron chi connectivity index (χ4n) is 4.30. The quantitative estimate of drug-likeness (QED) is 0.246. The first-order valence-corrected chi connectivity index (χ1v) is 12.4. The van der Waals surface area contributed by atoms with Crippen molar-refractivity contribution in [1.82, 2.24) is 20.2 Å². The number of fused-ring (bicyclic) bond motifs is 1. The van der Waals surface area contributed by atoms with E-state index in [4.69, 9.17) is 0 Å². The van der Waals surface area contributed by atoms with Gasteiger partial charge in [-0.3, -0.25) is 19.2 Å².